The molecule has 94 valence electrons. The summed E-state index contributed by atoms with van der Waals surface area (Å²) in [5.74, 6) is 0.302. The van der Waals surface area contributed by atoms with Gasteiger partial charge in [-0.25, -0.2) is 0 Å². The molecule has 1 saturated carbocycles. The van der Waals surface area contributed by atoms with E-state index in [1.165, 1.54) is 11.3 Å². The van der Waals surface area contributed by atoms with Crippen molar-refractivity contribution >= 4 is 22.4 Å². The van der Waals surface area contributed by atoms with Crippen LogP contribution in [0.4, 0.5) is 5.13 Å². The summed E-state index contributed by atoms with van der Waals surface area (Å²) >= 11 is 1.29. The van der Waals surface area contributed by atoms with Crippen LogP contribution in [0.1, 0.15) is 12.8 Å². The normalized spacial score (nSPS) is 17.1. The molecule has 1 amide bonds. The molecule has 2 rings (SSSR count). The smallest absolute Gasteiger partial charge is 0.240 e. The van der Waals surface area contributed by atoms with Gasteiger partial charge in [0.2, 0.25) is 11.0 Å². The van der Waals surface area contributed by atoms with E-state index in [4.69, 9.17) is 0 Å². The molecule has 0 aliphatic heterocycles. The van der Waals surface area contributed by atoms with Gasteiger partial charge in [-0.05, 0) is 25.8 Å². The van der Waals surface area contributed by atoms with Crippen LogP contribution in [0.5, 0.6) is 0 Å². The van der Waals surface area contributed by atoms with E-state index in [2.05, 4.69) is 15.5 Å². The van der Waals surface area contributed by atoms with E-state index in [1.54, 1.807) is 5.51 Å². The van der Waals surface area contributed by atoms with Gasteiger partial charge in [0.1, 0.15) is 5.51 Å². The van der Waals surface area contributed by atoms with Crippen molar-refractivity contribution < 1.29 is 9.90 Å². The number of nitrogens with zero attached hydrogens (tertiary/aromatic N) is 3. The van der Waals surface area contributed by atoms with E-state index in [9.17, 15) is 9.90 Å². The molecule has 2 N–H and O–H groups in total. The fourth-order valence-corrected chi connectivity index (χ4v) is 2.11. The van der Waals surface area contributed by atoms with E-state index >= 15 is 0 Å². The lowest BCUT2D eigenvalue weighted by atomic mass is 10.2. The van der Waals surface area contributed by atoms with Crippen molar-refractivity contribution in [1.82, 2.24) is 15.1 Å². The van der Waals surface area contributed by atoms with E-state index in [1.807, 2.05) is 11.9 Å². The Morgan fingerprint density at radius 2 is 2.53 bits per heavy atom. The van der Waals surface area contributed by atoms with Crippen molar-refractivity contribution in [3.05, 3.63) is 5.51 Å². The molecule has 1 heterocycles. The quantitative estimate of drug-likeness (QED) is 0.759. The number of carbonyl (C=O) groups excluding carboxylic acids is 1. The average Bonchev–Trinajstić information content (AvgIpc) is 2.99. The third kappa shape index (κ3) is 4.03. The maximum Gasteiger partial charge on any atom is 0.240 e. The van der Waals surface area contributed by atoms with Crippen LogP contribution >= 0.6 is 11.3 Å². The second-order valence-corrected chi connectivity index (χ2v) is 5.23. The summed E-state index contributed by atoms with van der Waals surface area (Å²) in [4.78, 5) is 13.4. The maximum atomic E-state index is 11.6. The molecule has 1 fully saturated rings. The maximum absolute atomic E-state index is 11.6. The fourth-order valence-electron chi connectivity index (χ4n) is 1.65. The van der Waals surface area contributed by atoms with E-state index in [-0.39, 0.29) is 18.6 Å². The number of aliphatic hydroxyl groups excluding tert-OH is 1. The Labute approximate surface area is 104 Å². The van der Waals surface area contributed by atoms with Gasteiger partial charge in [0.25, 0.3) is 0 Å². The highest BCUT2D eigenvalue weighted by atomic mass is 32.1. The molecule has 1 aromatic rings. The Hall–Kier alpha value is -1.05. The minimum absolute atomic E-state index is 0.132. The van der Waals surface area contributed by atoms with Crippen molar-refractivity contribution in [2.24, 2.45) is 5.92 Å². The number of rotatable bonds is 6. The predicted octanol–water partition coefficient (Wildman–Crippen LogP) is 0.179. The lowest BCUT2D eigenvalue weighted by molar-refractivity contribution is -0.117. The Morgan fingerprint density at radius 1 is 1.76 bits per heavy atom. The second kappa shape index (κ2) is 5.52. The SMILES string of the molecule is CN(CC(=O)Nc1nncs1)CC(O)C1CC1. The summed E-state index contributed by atoms with van der Waals surface area (Å²) in [5, 5.41) is 20.3. The Balaban J connectivity index is 1.70. The molecule has 1 aromatic heterocycles. The number of amides is 1. The number of hydrogen-bond donors (Lipinski definition) is 2. The molecule has 7 heteroatoms. The van der Waals surface area contributed by atoms with Crippen molar-refractivity contribution in [2.45, 2.75) is 18.9 Å². The summed E-state index contributed by atoms with van der Waals surface area (Å²) in [6.07, 6.45) is 1.90. The summed E-state index contributed by atoms with van der Waals surface area (Å²) in [6, 6.07) is 0. The lowest BCUT2D eigenvalue weighted by Crippen LogP contribution is -2.36. The van der Waals surface area contributed by atoms with Crippen LogP contribution in [-0.4, -0.2) is 52.4 Å². The molecular weight excluding hydrogens is 240 g/mol. The van der Waals surface area contributed by atoms with Gasteiger partial charge in [-0.2, -0.15) is 0 Å². The Morgan fingerprint density at radius 3 is 3.12 bits per heavy atom. The second-order valence-electron chi connectivity index (χ2n) is 4.39. The van der Waals surface area contributed by atoms with Gasteiger partial charge < -0.3 is 5.11 Å². The van der Waals surface area contributed by atoms with Crippen LogP contribution in [0, 0.1) is 5.92 Å². The molecule has 1 unspecified atom stereocenters. The average molecular weight is 256 g/mol. The first kappa shape index (κ1) is 12.4. The monoisotopic (exact) mass is 256 g/mol. The molecule has 1 aliphatic rings. The van der Waals surface area contributed by atoms with E-state index < -0.39 is 0 Å². The van der Waals surface area contributed by atoms with Gasteiger partial charge in [0, 0.05) is 6.54 Å². The van der Waals surface area contributed by atoms with Crippen LogP contribution in [0.3, 0.4) is 0 Å². The Kier molecular flexibility index (Phi) is 4.03. The largest absolute Gasteiger partial charge is 0.392 e. The molecule has 0 radical (unpaired) electrons. The molecular formula is C10H16N4O2S. The summed E-state index contributed by atoms with van der Waals surface area (Å²) in [5.41, 5.74) is 1.57. The zero-order valence-electron chi connectivity index (χ0n) is 9.67. The van der Waals surface area contributed by atoms with Crippen molar-refractivity contribution in [3.8, 4) is 0 Å². The van der Waals surface area contributed by atoms with Crippen LogP contribution in [-0.2, 0) is 4.79 Å². The number of likely N-dealkylation sites (N-methyl/N-ethyl adjacent to an activating group) is 1. The summed E-state index contributed by atoms with van der Waals surface area (Å²) in [7, 11) is 1.82. The molecule has 0 spiro atoms. The molecule has 0 saturated heterocycles. The van der Waals surface area contributed by atoms with Crippen molar-refractivity contribution in [1.29, 1.82) is 0 Å². The van der Waals surface area contributed by atoms with E-state index in [0.717, 1.165) is 12.8 Å². The first-order chi connectivity index (χ1) is 8.15. The van der Waals surface area contributed by atoms with Crippen LogP contribution in [0.25, 0.3) is 0 Å². The minimum Gasteiger partial charge on any atom is -0.392 e. The number of hydrogen-bond acceptors (Lipinski definition) is 6. The van der Waals surface area contributed by atoms with Gasteiger partial charge in [0.15, 0.2) is 0 Å². The van der Waals surface area contributed by atoms with Gasteiger partial charge in [0.05, 0.1) is 12.6 Å². The van der Waals surface area contributed by atoms with Crippen molar-refractivity contribution in [3.63, 3.8) is 0 Å². The highest BCUT2D eigenvalue weighted by Crippen LogP contribution is 2.32. The molecule has 1 atom stereocenters. The zero-order valence-corrected chi connectivity index (χ0v) is 10.5. The molecule has 0 bridgehead atoms. The highest BCUT2D eigenvalue weighted by Gasteiger charge is 2.30. The van der Waals surface area contributed by atoms with Gasteiger partial charge in [-0.3, -0.25) is 15.0 Å². The van der Waals surface area contributed by atoms with Crippen molar-refractivity contribution in [2.75, 3.05) is 25.5 Å². The number of aliphatic hydroxyl groups is 1. The number of carbonyl (C=O) groups is 1. The lowest BCUT2D eigenvalue weighted by Gasteiger charge is -2.19. The van der Waals surface area contributed by atoms with E-state index in [0.29, 0.717) is 17.6 Å². The molecule has 6 nitrogen and oxygen atoms in total. The predicted molar refractivity (Wildman–Crippen MR) is 64.8 cm³/mol. The van der Waals surface area contributed by atoms with Crippen LogP contribution < -0.4 is 5.32 Å². The fraction of sp³-hybridized carbons (Fsp3) is 0.700. The zero-order chi connectivity index (χ0) is 12.3. The molecule has 1 aliphatic carbocycles. The first-order valence-electron chi connectivity index (χ1n) is 5.58. The number of nitrogens with one attached hydrogen (secondary N) is 1. The third-order valence-corrected chi connectivity index (χ3v) is 3.29. The first-order valence-corrected chi connectivity index (χ1v) is 6.45. The van der Waals surface area contributed by atoms with Crippen LogP contribution in [0.15, 0.2) is 5.51 Å². The minimum atomic E-state index is -0.311. The summed E-state index contributed by atoms with van der Waals surface area (Å²) < 4.78 is 0. The molecule has 0 aromatic carbocycles. The number of aromatic nitrogens is 2. The van der Waals surface area contributed by atoms with Gasteiger partial charge >= 0.3 is 0 Å². The highest BCUT2D eigenvalue weighted by molar-refractivity contribution is 7.13. The number of anilines is 1. The third-order valence-electron chi connectivity index (χ3n) is 2.68. The standard InChI is InChI=1S/C10H16N4O2S/c1-14(4-8(15)7-2-3-7)5-9(16)12-10-13-11-6-17-10/h6-8,15H,2-5H2,1H3,(H,12,13,16). The Bertz CT molecular complexity index is 366. The molecule has 17 heavy (non-hydrogen) atoms. The van der Waals surface area contributed by atoms with Gasteiger partial charge in [-0.1, -0.05) is 11.3 Å². The summed E-state index contributed by atoms with van der Waals surface area (Å²) in [6.45, 7) is 0.789. The van der Waals surface area contributed by atoms with Crippen LogP contribution in [0.2, 0.25) is 0 Å². The topological polar surface area (TPSA) is 78.4 Å². The van der Waals surface area contributed by atoms with Gasteiger partial charge in [-0.15, -0.1) is 10.2 Å².